The molecule has 0 spiro atoms. The van der Waals surface area contributed by atoms with Crippen molar-refractivity contribution in [1.29, 1.82) is 0 Å². The van der Waals surface area contributed by atoms with Gasteiger partial charge in [0.2, 0.25) is 0 Å². The van der Waals surface area contributed by atoms with E-state index in [1.54, 1.807) is 0 Å². The Morgan fingerprint density at radius 2 is 2.25 bits per heavy atom. The van der Waals surface area contributed by atoms with Gasteiger partial charge in [0, 0.05) is 35.6 Å². The molecule has 0 bridgehead atoms. The van der Waals surface area contributed by atoms with E-state index >= 15 is 0 Å². The van der Waals surface area contributed by atoms with Gasteiger partial charge in [0.15, 0.2) is 5.65 Å². The van der Waals surface area contributed by atoms with Crippen LogP contribution in [0.4, 0.5) is 0 Å². The van der Waals surface area contributed by atoms with E-state index in [1.165, 1.54) is 30.5 Å². The normalized spacial score (nSPS) is 23.2. The van der Waals surface area contributed by atoms with Gasteiger partial charge < -0.3 is 5.32 Å². The van der Waals surface area contributed by atoms with Crippen LogP contribution < -0.4 is 5.32 Å². The molecule has 1 saturated carbocycles. The fraction of sp³-hybridized carbons (Fsp3) is 0.625. The molecule has 3 atom stereocenters. The molecule has 4 nitrogen and oxygen atoms in total. The molecular weight excluding hydrogens is 248 g/mol. The van der Waals surface area contributed by atoms with E-state index in [0.29, 0.717) is 12.1 Å². The van der Waals surface area contributed by atoms with Crippen molar-refractivity contribution in [3.8, 4) is 0 Å². The number of hydrogen-bond donors (Lipinski definition) is 1. The third-order valence-electron chi connectivity index (χ3n) is 4.40. The van der Waals surface area contributed by atoms with Gasteiger partial charge in [-0.15, -0.1) is 0 Å². The molecule has 0 radical (unpaired) electrons. The Morgan fingerprint density at radius 1 is 1.45 bits per heavy atom. The average molecular weight is 272 g/mol. The van der Waals surface area contributed by atoms with Crippen LogP contribution in [0.1, 0.15) is 56.1 Å². The third kappa shape index (κ3) is 2.44. The minimum Gasteiger partial charge on any atom is -0.307 e. The summed E-state index contributed by atoms with van der Waals surface area (Å²) in [5.41, 5.74) is 4.40. The lowest BCUT2D eigenvalue weighted by Crippen LogP contribution is -2.24. The standard InChI is InChI=1S/C16H24N4/c1-5-6-13-8-15(13)18-11(3)14-9-17-16-7-10(2)19-20(16)12(14)4/h7,9,11,13,15,18H,5-6,8H2,1-4H3. The van der Waals surface area contributed by atoms with Crippen LogP contribution in [-0.4, -0.2) is 20.6 Å². The number of hydrogen-bond acceptors (Lipinski definition) is 3. The summed E-state index contributed by atoms with van der Waals surface area (Å²) in [5, 5.41) is 8.26. The van der Waals surface area contributed by atoms with Crippen LogP contribution in [-0.2, 0) is 0 Å². The fourth-order valence-corrected chi connectivity index (χ4v) is 3.15. The zero-order valence-electron chi connectivity index (χ0n) is 12.8. The Labute approximate surface area is 120 Å². The summed E-state index contributed by atoms with van der Waals surface area (Å²) in [7, 11) is 0. The molecule has 0 aromatic carbocycles. The van der Waals surface area contributed by atoms with Gasteiger partial charge in [0.05, 0.1) is 5.69 Å². The predicted molar refractivity (Wildman–Crippen MR) is 80.8 cm³/mol. The summed E-state index contributed by atoms with van der Waals surface area (Å²) in [5.74, 6) is 0.881. The van der Waals surface area contributed by atoms with Crippen LogP contribution in [0.5, 0.6) is 0 Å². The molecule has 4 heteroatoms. The zero-order chi connectivity index (χ0) is 14.3. The Kier molecular flexibility index (Phi) is 3.50. The minimum atomic E-state index is 0.336. The van der Waals surface area contributed by atoms with Crippen LogP contribution in [0.2, 0.25) is 0 Å². The van der Waals surface area contributed by atoms with Crippen molar-refractivity contribution in [2.24, 2.45) is 5.92 Å². The summed E-state index contributed by atoms with van der Waals surface area (Å²) in [4.78, 5) is 4.53. The van der Waals surface area contributed by atoms with Gasteiger partial charge in [0.25, 0.3) is 0 Å². The predicted octanol–water partition coefficient (Wildman–Crippen LogP) is 3.19. The first-order chi connectivity index (χ1) is 9.60. The van der Waals surface area contributed by atoms with E-state index in [4.69, 9.17) is 0 Å². The lowest BCUT2D eigenvalue weighted by atomic mass is 10.1. The maximum atomic E-state index is 4.53. The quantitative estimate of drug-likeness (QED) is 0.909. The van der Waals surface area contributed by atoms with Crippen molar-refractivity contribution in [3.05, 3.63) is 29.2 Å². The smallest absolute Gasteiger partial charge is 0.155 e. The van der Waals surface area contributed by atoms with Gasteiger partial charge in [-0.1, -0.05) is 13.3 Å². The van der Waals surface area contributed by atoms with Crippen molar-refractivity contribution >= 4 is 5.65 Å². The molecule has 108 valence electrons. The molecule has 1 fully saturated rings. The summed E-state index contributed by atoms with van der Waals surface area (Å²) in [6.45, 7) is 8.63. The first-order valence-corrected chi connectivity index (χ1v) is 7.68. The molecule has 20 heavy (non-hydrogen) atoms. The molecular formula is C16H24N4. The molecule has 3 rings (SSSR count). The highest BCUT2D eigenvalue weighted by molar-refractivity contribution is 5.42. The monoisotopic (exact) mass is 272 g/mol. The maximum absolute atomic E-state index is 4.53. The summed E-state index contributed by atoms with van der Waals surface area (Å²) >= 11 is 0. The summed E-state index contributed by atoms with van der Waals surface area (Å²) in [6.07, 6.45) is 5.96. The van der Waals surface area contributed by atoms with Crippen molar-refractivity contribution in [1.82, 2.24) is 19.9 Å². The van der Waals surface area contributed by atoms with Gasteiger partial charge in [-0.2, -0.15) is 5.10 Å². The van der Waals surface area contributed by atoms with Crippen LogP contribution >= 0.6 is 0 Å². The third-order valence-corrected chi connectivity index (χ3v) is 4.40. The van der Waals surface area contributed by atoms with E-state index in [-0.39, 0.29) is 0 Å². The second-order valence-electron chi connectivity index (χ2n) is 6.13. The highest BCUT2D eigenvalue weighted by Gasteiger charge is 2.36. The van der Waals surface area contributed by atoms with E-state index in [2.05, 4.69) is 36.2 Å². The van der Waals surface area contributed by atoms with Gasteiger partial charge in [-0.05, 0) is 39.5 Å². The molecule has 1 aliphatic rings. The molecule has 0 saturated heterocycles. The second-order valence-corrected chi connectivity index (χ2v) is 6.13. The Bertz CT molecular complexity index is 616. The number of rotatable bonds is 5. The molecule has 2 heterocycles. The van der Waals surface area contributed by atoms with Crippen LogP contribution in [0.3, 0.4) is 0 Å². The lowest BCUT2D eigenvalue weighted by Gasteiger charge is -2.16. The van der Waals surface area contributed by atoms with E-state index in [1.807, 2.05) is 23.7 Å². The number of nitrogens with zero attached hydrogens (tertiary/aromatic N) is 3. The number of aromatic nitrogens is 3. The van der Waals surface area contributed by atoms with Crippen molar-refractivity contribution in [2.45, 2.75) is 59.0 Å². The number of nitrogens with one attached hydrogen (secondary N) is 1. The minimum absolute atomic E-state index is 0.336. The maximum Gasteiger partial charge on any atom is 0.155 e. The molecule has 1 N–H and O–H groups in total. The first kappa shape index (κ1) is 13.6. The van der Waals surface area contributed by atoms with Crippen molar-refractivity contribution in [2.75, 3.05) is 0 Å². The average Bonchev–Trinajstić information content (AvgIpc) is 2.99. The molecule has 1 aliphatic carbocycles. The Balaban J connectivity index is 1.78. The van der Waals surface area contributed by atoms with Crippen molar-refractivity contribution < 1.29 is 0 Å². The second kappa shape index (κ2) is 5.17. The summed E-state index contributed by atoms with van der Waals surface area (Å²) in [6, 6.07) is 3.05. The van der Waals surface area contributed by atoms with Gasteiger partial charge in [0.1, 0.15) is 0 Å². The van der Waals surface area contributed by atoms with E-state index < -0.39 is 0 Å². The van der Waals surface area contributed by atoms with Crippen molar-refractivity contribution in [3.63, 3.8) is 0 Å². The SMILES string of the molecule is CCCC1CC1NC(C)c1cnc2cc(C)nn2c1C. The van der Waals surface area contributed by atoms with Crippen LogP contribution in [0.25, 0.3) is 5.65 Å². The highest BCUT2D eigenvalue weighted by Crippen LogP contribution is 2.36. The molecule has 0 aliphatic heterocycles. The molecule has 2 aromatic heterocycles. The lowest BCUT2D eigenvalue weighted by molar-refractivity contribution is 0.524. The van der Waals surface area contributed by atoms with Gasteiger partial charge >= 0.3 is 0 Å². The molecule has 0 amide bonds. The number of fused-ring (bicyclic) bond motifs is 1. The van der Waals surface area contributed by atoms with E-state index in [9.17, 15) is 0 Å². The zero-order valence-corrected chi connectivity index (χ0v) is 12.8. The Morgan fingerprint density at radius 3 is 3.00 bits per heavy atom. The molecule has 2 aromatic rings. The highest BCUT2D eigenvalue weighted by atomic mass is 15.3. The topological polar surface area (TPSA) is 42.2 Å². The first-order valence-electron chi connectivity index (χ1n) is 7.68. The fourth-order valence-electron chi connectivity index (χ4n) is 3.15. The van der Waals surface area contributed by atoms with Crippen LogP contribution in [0.15, 0.2) is 12.3 Å². The van der Waals surface area contributed by atoms with Gasteiger partial charge in [-0.25, -0.2) is 9.50 Å². The van der Waals surface area contributed by atoms with E-state index in [0.717, 1.165) is 17.3 Å². The largest absolute Gasteiger partial charge is 0.307 e. The van der Waals surface area contributed by atoms with Gasteiger partial charge in [-0.3, -0.25) is 0 Å². The van der Waals surface area contributed by atoms with Crippen LogP contribution in [0, 0.1) is 19.8 Å². The number of aryl methyl sites for hydroxylation is 2. The Hall–Kier alpha value is -1.42. The molecule has 3 unspecified atom stereocenters. The summed E-state index contributed by atoms with van der Waals surface area (Å²) < 4.78 is 1.96.